The summed E-state index contributed by atoms with van der Waals surface area (Å²) in [5, 5.41) is 0.970. The van der Waals surface area contributed by atoms with Gasteiger partial charge in [0.25, 0.3) is 0 Å². The number of carbonyl (C=O) groups is 1. The first-order valence-corrected chi connectivity index (χ1v) is 7.43. The molecule has 0 aliphatic rings. The Hall–Kier alpha value is -0.700. The molecule has 0 saturated carbocycles. The zero-order valence-corrected chi connectivity index (χ0v) is 13.3. The van der Waals surface area contributed by atoms with E-state index in [1.807, 2.05) is 6.92 Å². The fraction of sp³-hybridized carbons (Fsp3) is 0.733. The number of aryl methyl sites for hydroxylation is 2. The number of nitrogens with zero attached hydrogens (tertiary/aromatic N) is 1. The smallest absolute Gasteiger partial charge is 0.139 e. The van der Waals surface area contributed by atoms with Crippen LogP contribution in [0, 0.1) is 25.2 Å². The lowest BCUT2D eigenvalue weighted by Gasteiger charge is -2.22. The zero-order valence-electron chi connectivity index (χ0n) is 12.5. The third-order valence-electron chi connectivity index (χ3n) is 2.96. The van der Waals surface area contributed by atoms with Crippen LogP contribution in [0.3, 0.4) is 0 Å². The maximum Gasteiger partial charge on any atom is 0.139 e. The van der Waals surface area contributed by atoms with Crippen molar-refractivity contribution in [3.05, 3.63) is 15.6 Å². The van der Waals surface area contributed by atoms with Gasteiger partial charge in [0, 0.05) is 11.3 Å². The fourth-order valence-electron chi connectivity index (χ4n) is 2.36. The number of ketones is 1. The molecule has 18 heavy (non-hydrogen) atoms. The van der Waals surface area contributed by atoms with Gasteiger partial charge in [0.15, 0.2) is 0 Å². The molecular formula is C15H25NOS. The zero-order chi connectivity index (χ0) is 13.9. The number of thiazole rings is 1. The molecule has 1 atom stereocenters. The molecule has 0 saturated heterocycles. The van der Waals surface area contributed by atoms with Crippen molar-refractivity contribution >= 4 is 17.1 Å². The van der Waals surface area contributed by atoms with E-state index in [-0.39, 0.29) is 0 Å². The van der Waals surface area contributed by atoms with Gasteiger partial charge in [-0.2, -0.15) is 0 Å². The molecule has 0 amide bonds. The lowest BCUT2D eigenvalue weighted by Crippen LogP contribution is -2.15. The van der Waals surface area contributed by atoms with E-state index in [0.29, 0.717) is 30.0 Å². The molecule has 1 aromatic rings. The molecule has 1 aromatic heterocycles. The third-order valence-corrected chi connectivity index (χ3v) is 4.03. The van der Waals surface area contributed by atoms with E-state index in [0.717, 1.165) is 17.1 Å². The molecule has 1 unspecified atom stereocenters. The summed E-state index contributed by atoms with van der Waals surface area (Å²) in [5.41, 5.74) is 1.36. The first kappa shape index (κ1) is 15.4. The predicted octanol–water partition coefficient (Wildman–Crippen LogP) is 4.33. The highest BCUT2D eigenvalue weighted by atomic mass is 32.1. The maximum atomic E-state index is 12.0. The van der Waals surface area contributed by atoms with Crippen molar-refractivity contribution in [1.82, 2.24) is 4.98 Å². The van der Waals surface area contributed by atoms with Crippen LogP contribution < -0.4 is 0 Å². The molecule has 2 nitrogen and oxygen atoms in total. The van der Waals surface area contributed by atoms with Gasteiger partial charge in [0.1, 0.15) is 10.8 Å². The Kier molecular flexibility index (Phi) is 5.09. The monoisotopic (exact) mass is 267 g/mol. The molecule has 1 rings (SSSR count). The van der Waals surface area contributed by atoms with E-state index in [2.05, 4.69) is 39.6 Å². The van der Waals surface area contributed by atoms with Crippen molar-refractivity contribution in [3.63, 3.8) is 0 Å². The Bertz CT molecular complexity index is 395. The Morgan fingerprint density at radius 3 is 2.39 bits per heavy atom. The fourth-order valence-corrected chi connectivity index (χ4v) is 3.32. The molecule has 102 valence electrons. The molecule has 0 aromatic carbocycles. The topological polar surface area (TPSA) is 30.0 Å². The van der Waals surface area contributed by atoms with Gasteiger partial charge in [-0.3, -0.25) is 4.79 Å². The number of carbonyl (C=O) groups excluding carboxylic acids is 1. The van der Waals surface area contributed by atoms with E-state index in [9.17, 15) is 4.79 Å². The van der Waals surface area contributed by atoms with Crippen LogP contribution in [0.25, 0.3) is 0 Å². The third kappa shape index (κ3) is 5.30. The van der Waals surface area contributed by atoms with Crippen LogP contribution in [0.2, 0.25) is 0 Å². The second kappa shape index (κ2) is 5.96. The summed E-state index contributed by atoms with van der Waals surface area (Å²) in [7, 11) is 0. The van der Waals surface area contributed by atoms with E-state index in [1.165, 1.54) is 4.88 Å². The first-order chi connectivity index (χ1) is 8.17. The van der Waals surface area contributed by atoms with Gasteiger partial charge in [-0.15, -0.1) is 11.3 Å². The Balaban J connectivity index is 2.47. The molecule has 3 heteroatoms. The predicted molar refractivity (Wildman–Crippen MR) is 78.2 cm³/mol. The minimum absolute atomic E-state index is 0.300. The van der Waals surface area contributed by atoms with E-state index >= 15 is 0 Å². The van der Waals surface area contributed by atoms with Crippen molar-refractivity contribution in [3.8, 4) is 0 Å². The highest BCUT2D eigenvalue weighted by Crippen LogP contribution is 2.26. The normalized spacial score (nSPS) is 13.7. The van der Waals surface area contributed by atoms with Crippen LogP contribution >= 0.6 is 11.3 Å². The highest BCUT2D eigenvalue weighted by molar-refractivity contribution is 7.11. The van der Waals surface area contributed by atoms with Gasteiger partial charge in [-0.1, -0.05) is 27.7 Å². The summed E-state index contributed by atoms with van der Waals surface area (Å²) in [6.07, 6.45) is 2.28. The van der Waals surface area contributed by atoms with Crippen LogP contribution in [0.4, 0.5) is 0 Å². The summed E-state index contributed by atoms with van der Waals surface area (Å²) < 4.78 is 0. The van der Waals surface area contributed by atoms with Gasteiger partial charge in [-0.05, 0) is 31.6 Å². The standard InChI is InChI=1S/C15H25NOS/c1-10(9-15(4,5)6)7-13(17)8-14-16-11(2)12(3)18-14/h10H,7-9H2,1-6H3. The summed E-state index contributed by atoms with van der Waals surface area (Å²) in [4.78, 5) is 17.6. The van der Waals surface area contributed by atoms with Gasteiger partial charge < -0.3 is 0 Å². The lowest BCUT2D eigenvalue weighted by atomic mass is 9.83. The first-order valence-electron chi connectivity index (χ1n) is 6.62. The lowest BCUT2D eigenvalue weighted by molar-refractivity contribution is -0.119. The second-order valence-corrected chi connectivity index (χ2v) is 7.83. The molecule has 1 heterocycles. The molecule has 0 aliphatic heterocycles. The quantitative estimate of drug-likeness (QED) is 0.794. The maximum absolute atomic E-state index is 12.0. The van der Waals surface area contributed by atoms with E-state index in [4.69, 9.17) is 0 Å². The Morgan fingerprint density at radius 1 is 1.33 bits per heavy atom. The molecule has 0 bridgehead atoms. The highest BCUT2D eigenvalue weighted by Gasteiger charge is 2.18. The second-order valence-electron chi connectivity index (χ2n) is 6.54. The van der Waals surface area contributed by atoms with Crippen LogP contribution in [-0.2, 0) is 11.2 Å². The average molecular weight is 267 g/mol. The van der Waals surface area contributed by atoms with Crippen molar-refractivity contribution in [1.29, 1.82) is 0 Å². The van der Waals surface area contributed by atoms with E-state index < -0.39 is 0 Å². The van der Waals surface area contributed by atoms with E-state index in [1.54, 1.807) is 11.3 Å². The van der Waals surface area contributed by atoms with Crippen molar-refractivity contribution in [2.24, 2.45) is 11.3 Å². The number of aromatic nitrogens is 1. The van der Waals surface area contributed by atoms with Gasteiger partial charge in [0.05, 0.1) is 12.1 Å². The molecule has 0 fully saturated rings. The van der Waals surface area contributed by atoms with Gasteiger partial charge in [0.2, 0.25) is 0 Å². The summed E-state index contributed by atoms with van der Waals surface area (Å²) in [6, 6.07) is 0. The number of Topliss-reactive ketones (excluding diaryl/α,β-unsaturated/α-hetero) is 1. The van der Waals surface area contributed by atoms with Crippen LogP contribution in [0.5, 0.6) is 0 Å². The molecular weight excluding hydrogens is 242 g/mol. The van der Waals surface area contributed by atoms with Gasteiger partial charge in [-0.25, -0.2) is 4.98 Å². The van der Waals surface area contributed by atoms with Crippen LogP contribution in [0.1, 0.15) is 56.1 Å². The Labute approximate surface area is 115 Å². The number of hydrogen-bond acceptors (Lipinski definition) is 3. The van der Waals surface area contributed by atoms with Crippen LogP contribution in [0.15, 0.2) is 0 Å². The summed E-state index contributed by atoms with van der Waals surface area (Å²) in [5.74, 6) is 0.778. The SMILES string of the molecule is Cc1nc(CC(=O)CC(C)CC(C)(C)C)sc1C. The van der Waals surface area contributed by atoms with Crippen LogP contribution in [-0.4, -0.2) is 10.8 Å². The minimum Gasteiger partial charge on any atom is -0.299 e. The van der Waals surface area contributed by atoms with Crippen molar-refractivity contribution in [2.45, 2.75) is 60.8 Å². The largest absolute Gasteiger partial charge is 0.299 e. The molecule has 0 spiro atoms. The molecule has 0 radical (unpaired) electrons. The number of rotatable bonds is 5. The summed E-state index contributed by atoms with van der Waals surface area (Å²) >= 11 is 1.65. The van der Waals surface area contributed by atoms with Crippen molar-refractivity contribution in [2.75, 3.05) is 0 Å². The Morgan fingerprint density at radius 2 is 1.94 bits per heavy atom. The number of hydrogen-bond donors (Lipinski definition) is 0. The summed E-state index contributed by atoms with van der Waals surface area (Å²) in [6.45, 7) is 12.9. The average Bonchev–Trinajstić information content (AvgIpc) is 2.41. The van der Waals surface area contributed by atoms with Crippen molar-refractivity contribution < 1.29 is 4.79 Å². The molecule has 0 N–H and O–H groups in total. The molecule has 0 aliphatic carbocycles. The van der Waals surface area contributed by atoms with Gasteiger partial charge >= 0.3 is 0 Å². The minimum atomic E-state index is 0.300.